The van der Waals surface area contributed by atoms with Crippen molar-refractivity contribution in [2.45, 2.75) is 20.8 Å². The fraction of sp³-hybridized carbons (Fsp3) is 0.185. The molecule has 0 radical (unpaired) electrons. The number of halogens is 4. The molecule has 1 aliphatic rings. The number of nitrogens with zero attached hydrogens (tertiary/aromatic N) is 4. The first kappa shape index (κ1) is 28.7. The lowest BCUT2D eigenvalue weighted by Gasteiger charge is -2.18. The molecule has 8 nitrogen and oxygen atoms in total. The summed E-state index contributed by atoms with van der Waals surface area (Å²) in [5.41, 5.74) is 6.32. The van der Waals surface area contributed by atoms with E-state index in [0.29, 0.717) is 27.1 Å². The van der Waals surface area contributed by atoms with Crippen LogP contribution in [-0.4, -0.2) is 37.0 Å². The highest BCUT2D eigenvalue weighted by atomic mass is 35.5. The summed E-state index contributed by atoms with van der Waals surface area (Å²) >= 11 is 25.2. The Kier molecular flexibility index (Phi) is 8.71. The Bertz CT molecular complexity index is 1520. The summed E-state index contributed by atoms with van der Waals surface area (Å²) in [6, 6.07) is 13.5. The third-order valence-corrected chi connectivity index (χ3v) is 6.91. The van der Waals surface area contributed by atoms with Gasteiger partial charge in [-0.25, -0.2) is 15.0 Å². The zero-order valence-corrected chi connectivity index (χ0v) is 24.5. The van der Waals surface area contributed by atoms with E-state index in [2.05, 4.69) is 32.6 Å². The van der Waals surface area contributed by atoms with Gasteiger partial charge >= 0.3 is 0 Å². The molecule has 1 aliphatic heterocycles. The Morgan fingerprint density at radius 3 is 2.28 bits per heavy atom. The van der Waals surface area contributed by atoms with Crippen molar-refractivity contribution in [3.05, 3.63) is 74.2 Å². The molecule has 0 aliphatic carbocycles. The molecule has 3 aromatic carbocycles. The average Bonchev–Trinajstić information content (AvgIpc) is 3.15. The molecule has 1 heterocycles. The molecule has 3 aromatic rings. The van der Waals surface area contributed by atoms with Crippen LogP contribution in [0.2, 0.25) is 20.1 Å². The van der Waals surface area contributed by atoms with Crippen LogP contribution in [0.1, 0.15) is 19.4 Å². The van der Waals surface area contributed by atoms with E-state index in [9.17, 15) is 9.59 Å². The number of nitrogens with one attached hydrogen (secondary N) is 2. The van der Waals surface area contributed by atoms with Gasteiger partial charge in [0.05, 0.1) is 27.1 Å². The molecule has 1 saturated heterocycles. The molecule has 0 atom stereocenters. The molecule has 0 spiro atoms. The van der Waals surface area contributed by atoms with Gasteiger partial charge in [0, 0.05) is 36.2 Å². The number of aliphatic imine (C=N–C) groups is 2. The van der Waals surface area contributed by atoms with E-state index in [1.807, 2.05) is 32.2 Å². The minimum Gasteiger partial charge on any atom is -0.375 e. The van der Waals surface area contributed by atoms with Gasteiger partial charge < -0.3 is 10.2 Å². The van der Waals surface area contributed by atoms with Gasteiger partial charge in [0.25, 0.3) is 5.91 Å². The molecule has 0 saturated carbocycles. The van der Waals surface area contributed by atoms with Crippen LogP contribution >= 0.6 is 46.4 Å². The van der Waals surface area contributed by atoms with Crippen molar-refractivity contribution in [2.75, 3.05) is 28.8 Å². The van der Waals surface area contributed by atoms with Crippen molar-refractivity contribution in [1.29, 1.82) is 0 Å². The minimum absolute atomic E-state index is 0.00512. The van der Waals surface area contributed by atoms with Gasteiger partial charge in [-0.3, -0.25) is 15.0 Å². The van der Waals surface area contributed by atoms with Crippen LogP contribution in [-0.2, 0) is 9.59 Å². The van der Waals surface area contributed by atoms with Crippen LogP contribution in [0.5, 0.6) is 0 Å². The highest BCUT2D eigenvalue weighted by Crippen LogP contribution is 2.38. The summed E-state index contributed by atoms with van der Waals surface area (Å²) < 4.78 is 0. The molecule has 39 heavy (non-hydrogen) atoms. The Labute approximate surface area is 246 Å². The third kappa shape index (κ3) is 6.31. The van der Waals surface area contributed by atoms with Crippen LogP contribution in [0.15, 0.2) is 58.5 Å². The number of carbonyl (C=O) groups is 2. The van der Waals surface area contributed by atoms with Crippen molar-refractivity contribution < 1.29 is 9.59 Å². The number of hydrazine groups is 1. The molecule has 4 rings (SSSR count). The van der Waals surface area contributed by atoms with E-state index in [0.717, 1.165) is 22.8 Å². The van der Waals surface area contributed by atoms with Crippen LogP contribution in [0.3, 0.4) is 0 Å². The molecule has 0 aromatic heterocycles. The number of amides is 2. The first-order chi connectivity index (χ1) is 18.5. The summed E-state index contributed by atoms with van der Waals surface area (Å²) in [7, 11) is 1.99. The van der Waals surface area contributed by atoms with E-state index in [1.165, 1.54) is 19.1 Å². The van der Waals surface area contributed by atoms with Crippen molar-refractivity contribution in [3.63, 3.8) is 0 Å². The van der Waals surface area contributed by atoms with Gasteiger partial charge in [0.15, 0.2) is 11.5 Å². The van der Waals surface area contributed by atoms with Crippen LogP contribution in [0, 0.1) is 6.92 Å². The van der Waals surface area contributed by atoms with Crippen LogP contribution < -0.4 is 20.7 Å². The van der Waals surface area contributed by atoms with E-state index in [4.69, 9.17) is 46.4 Å². The zero-order valence-electron chi connectivity index (χ0n) is 21.4. The predicted molar refractivity (Wildman–Crippen MR) is 162 cm³/mol. The van der Waals surface area contributed by atoms with Gasteiger partial charge in [-0.05, 0) is 67.9 Å². The fourth-order valence-corrected chi connectivity index (χ4v) is 4.97. The molecule has 202 valence electrons. The van der Waals surface area contributed by atoms with E-state index >= 15 is 0 Å². The van der Waals surface area contributed by atoms with E-state index < -0.39 is 5.91 Å². The van der Waals surface area contributed by atoms with Gasteiger partial charge in [-0.2, -0.15) is 0 Å². The van der Waals surface area contributed by atoms with Gasteiger partial charge in [-0.1, -0.05) is 46.4 Å². The number of benzene rings is 3. The number of hydrogen-bond acceptors (Lipinski definition) is 5. The molecular formula is C27H24Cl4N6O2. The standard InChI is InChI=1S/C27H24Cl4N6O2/c1-5-36(4)18-7-9-21(14(2)10-18)33-24-26(34-23-13-16(28)6-8-22(23)32-15(3)38)35-37(27(24)39)25-19(30)11-17(29)12-20(25)31/h6-13H,5H2,1-4H3,(H,32,38)(H,34,35). The highest BCUT2D eigenvalue weighted by molar-refractivity contribution is 6.72. The lowest BCUT2D eigenvalue weighted by molar-refractivity contribution is -0.114. The number of rotatable bonds is 6. The minimum atomic E-state index is -0.544. The second kappa shape index (κ2) is 11.8. The SMILES string of the molecule is CCN(C)c1ccc(N=C2C(=O)N(c3c(Cl)cc(Cl)cc3Cl)NC2=Nc2cc(Cl)ccc2NC(C)=O)c(C)c1. The Morgan fingerprint density at radius 2 is 1.67 bits per heavy atom. The maximum Gasteiger partial charge on any atom is 0.299 e. The Balaban J connectivity index is 1.88. The summed E-state index contributed by atoms with van der Waals surface area (Å²) in [6.07, 6.45) is 0. The Hall–Kier alpha value is -3.30. The van der Waals surface area contributed by atoms with E-state index in [-0.39, 0.29) is 33.2 Å². The predicted octanol–water partition coefficient (Wildman–Crippen LogP) is 7.38. The molecule has 0 unspecified atom stereocenters. The number of amidine groups is 1. The first-order valence-electron chi connectivity index (χ1n) is 11.8. The molecule has 2 amide bonds. The number of hydrogen-bond donors (Lipinski definition) is 2. The average molecular weight is 606 g/mol. The lowest BCUT2D eigenvalue weighted by atomic mass is 10.1. The van der Waals surface area contributed by atoms with Crippen LogP contribution in [0.4, 0.5) is 28.4 Å². The van der Waals surface area contributed by atoms with Gasteiger partial charge in [-0.15, -0.1) is 0 Å². The maximum absolute atomic E-state index is 13.8. The number of anilines is 3. The van der Waals surface area contributed by atoms with Crippen LogP contribution in [0.25, 0.3) is 0 Å². The fourth-order valence-electron chi connectivity index (χ4n) is 3.82. The largest absolute Gasteiger partial charge is 0.375 e. The summed E-state index contributed by atoms with van der Waals surface area (Å²) in [5.74, 6) is -0.737. The number of aryl methyl sites for hydroxylation is 1. The van der Waals surface area contributed by atoms with Gasteiger partial charge in [0.1, 0.15) is 5.69 Å². The second-order valence-electron chi connectivity index (χ2n) is 8.72. The lowest BCUT2D eigenvalue weighted by Crippen LogP contribution is -2.36. The highest BCUT2D eigenvalue weighted by Gasteiger charge is 2.37. The maximum atomic E-state index is 13.8. The Morgan fingerprint density at radius 1 is 0.974 bits per heavy atom. The smallest absolute Gasteiger partial charge is 0.299 e. The summed E-state index contributed by atoms with van der Waals surface area (Å²) in [4.78, 5) is 37.0. The second-order valence-corrected chi connectivity index (χ2v) is 10.4. The quantitative estimate of drug-likeness (QED) is 0.307. The normalized spacial score (nSPS) is 15.2. The number of carbonyl (C=O) groups excluding carboxylic acids is 2. The molecule has 12 heteroatoms. The van der Waals surface area contributed by atoms with Crippen molar-refractivity contribution in [2.24, 2.45) is 9.98 Å². The zero-order chi connectivity index (χ0) is 28.4. The van der Waals surface area contributed by atoms with Crippen molar-refractivity contribution in [1.82, 2.24) is 5.43 Å². The van der Waals surface area contributed by atoms with Gasteiger partial charge in [0.2, 0.25) is 5.91 Å². The molecule has 0 bridgehead atoms. The molecular weight excluding hydrogens is 582 g/mol. The third-order valence-electron chi connectivity index (χ3n) is 5.88. The molecule has 1 fully saturated rings. The topological polar surface area (TPSA) is 89.4 Å². The van der Waals surface area contributed by atoms with Crippen molar-refractivity contribution >= 4 is 98.2 Å². The summed E-state index contributed by atoms with van der Waals surface area (Å²) in [5, 5.41) is 4.88. The van der Waals surface area contributed by atoms with E-state index in [1.54, 1.807) is 18.2 Å². The van der Waals surface area contributed by atoms with Crippen molar-refractivity contribution in [3.8, 4) is 0 Å². The summed E-state index contributed by atoms with van der Waals surface area (Å²) in [6.45, 7) is 6.18. The first-order valence-corrected chi connectivity index (χ1v) is 13.3. The molecule has 2 N–H and O–H groups in total. The monoisotopic (exact) mass is 604 g/mol.